The molecule has 0 atom stereocenters. The molecular formula is C19H27IN6O2. The van der Waals surface area contributed by atoms with Crippen LogP contribution in [0.3, 0.4) is 0 Å². The van der Waals surface area contributed by atoms with Gasteiger partial charge in [0, 0.05) is 31.5 Å². The molecule has 1 aliphatic heterocycles. The normalized spacial score (nSPS) is 15.0. The third kappa shape index (κ3) is 5.85. The van der Waals surface area contributed by atoms with Crippen LogP contribution < -0.4 is 11.1 Å². The molecule has 28 heavy (non-hydrogen) atoms. The Hall–Kier alpha value is -2.30. The number of rotatable bonds is 5. The van der Waals surface area contributed by atoms with Crippen LogP contribution in [0.15, 0.2) is 47.7 Å². The molecule has 0 radical (unpaired) electrons. The number of nitrogens with two attached hydrogens (primary N) is 1. The first-order valence-electron chi connectivity index (χ1n) is 9.23. The van der Waals surface area contributed by atoms with Gasteiger partial charge in [-0.2, -0.15) is 5.10 Å². The van der Waals surface area contributed by atoms with E-state index in [4.69, 9.17) is 10.5 Å². The molecule has 0 unspecified atom stereocenters. The predicted octanol–water partition coefficient (Wildman–Crippen LogP) is 2.52. The summed E-state index contributed by atoms with van der Waals surface area (Å²) >= 11 is 0. The minimum atomic E-state index is -0.243. The summed E-state index contributed by atoms with van der Waals surface area (Å²) in [5.74, 6) is 0.417. The van der Waals surface area contributed by atoms with E-state index in [1.165, 1.54) is 0 Å². The number of hydrogen-bond donors (Lipinski definition) is 2. The number of halogens is 1. The highest BCUT2D eigenvalue weighted by atomic mass is 127. The summed E-state index contributed by atoms with van der Waals surface area (Å²) in [6.07, 6.45) is 5.05. The van der Waals surface area contributed by atoms with Crippen LogP contribution in [0, 0.1) is 0 Å². The SMILES string of the molecule is CCOC(=O)N1CCC(NC(N)=NCc2ccccc2-n2cccn2)CC1.I. The summed E-state index contributed by atoms with van der Waals surface area (Å²) in [5.41, 5.74) is 8.11. The lowest BCUT2D eigenvalue weighted by Gasteiger charge is -2.31. The molecule has 2 heterocycles. The second-order valence-corrected chi connectivity index (χ2v) is 6.39. The number of guanidine groups is 1. The van der Waals surface area contributed by atoms with Crippen molar-refractivity contribution in [2.45, 2.75) is 32.4 Å². The highest BCUT2D eigenvalue weighted by Gasteiger charge is 2.23. The van der Waals surface area contributed by atoms with E-state index in [9.17, 15) is 4.79 Å². The molecule has 0 bridgehead atoms. The third-order valence-corrected chi connectivity index (χ3v) is 4.54. The minimum absolute atomic E-state index is 0. The Morgan fingerprint density at radius 3 is 2.75 bits per heavy atom. The zero-order chi connectivity index (χ0) is 19.1. The number of nitrogens with one attached hydrogen (secondary N) is 1. The molecule has 1 amide bonds. The van der Waals surface area contributed by atoms with Gasteiger partial charge in [0.05, 0.1) is 18.8 Å². The van der Waals surface area contributed by atoms with Gasteiger partial charge in [0.15, 0.2) is 5.96 Å². The summed E-state index contributed by atoms with van der Waals surface area (Å²) in [6, 6.07) is 10.1. The highest BCUT2D eigenvalue weighted by molar-refractivity contribution is 14.0. The van der Waals surface area contributed by atoms with Gasteiger partial charge in [-0.25, -0.2) is 14.5 Å². The van der Waals surface area contributed by atoms with Gasteiger partial charge in [-0.3, -0.25) is 0 Å². The Balaban J connectivity index is 0.00000280. The summed E-state index contributed by atoms with van der Waals surface area (Å²) in [6.45, 7) is 4.00. The highest BCUT2D eigenvalue weighted by Crippen LogP contribution is 2.15. The number of carbonyl (C=O) groups excluding carboxylic acids is 1. The van der Waals surface area contributed by atoms with Gasteiger partial charge in [0.25, 0.3) is 0 Å². The Morgan fingerprint density at radius 1 is 1.32 bits per heavy atom. The largest absolute Gasteiger partial charge is 0.450 e. The van der Waals surface area contributed by atoms with E-state index in [0.717, 1.165) is 24.1 Å². The van der Waals surface area contributed by atoms with Gasteiger partial charge in [0.2, 0.25) is 0 Å². The fourth-order valence-corrected chi connectivity index (χ4v) is 3.13. The van der Waals surface area contributed by atoms with Crippen LogP contribution in [-0.4, -0.2) is 52.5 Å². The number of nitrogens with zero attached hydrogens (tertiary/aromatic N) is 4. The number of hydrogen-bond acceptors (Lipinski definition) is 4. The van der Waals surface area contributed by atoms with Crippen LogP contribution in [0.4, 0.5) is 4.79 Å². The van der Waals surface area contributed by atoms with Crippen molar-refractivity contribution < 1.29 is 9.53 Å². The Kier molecular flexibility index (Phi) is 8.55. The van der Waals surface area contributed by atoms with Crippen LogP contribution in [0.5, 0.6) is 0 Å². The summed E-state index contributed by atoms with van der Waals surface area (Å²) in [7, 11) is 0. The van der Waals surface area contributed by atoms with Crippen LogP contribution >= 0.6 is 24.0 Å². The molecule has 2 aromatic rings. The van der Waals surface area contributed by atoms with Gasteiger partial charge in [-0.05, 0) is 37.5 Å². The molecule has 1 saturated heterocycles. The lowest BCUT2D eigenvalue weighted by molar-refractivity contribution is 0.0963. The number of ether oxygens (including phenoxy) is 1. The van der Waals surface area contributed by atoms with Crippen molar-refractivity contribution in [1.29, 1.82) is 0 Å². The van der Waals surface area contributed by atoms with E-state index in [-0.39, 0.29) is 36.1 Å². The molecule has 0 saturated carbocycles. The van der Waals surface area contributed by atoms with Crippen LogP contribution in [-0.2, 0) is 11.3 Å². The molecule has 3 rings (SSSR count). The Morgan fingerprint density at radius 2 is 2.07 bits per heavy atom. The molecule has 8 nitrogen and oxygen atoms in total. The van der Waals surface area contributed by atoms with Crippen molar-refractivity contribution in [2.24, 2.45) is 10.7 Å². The van der Waals surface area contributed by atoms with Crippen LogP contribution in [0.1, 0.15) is 25.3 Å². The summed E-state index contributed by atoms with van der Waals surface area (Å²) in [5, 5.41) is 7.54. The average Bonchev–Trinajstić information content (AvgIpc) is 3.22. The summed E-state index contributed by atoms with van der Waals surface area (Å²) < 4.78 is 6.86. The standard InChI is InChI=1S/C19H26N6O2.HI/c1-2-27-19(26)24-12-8-16(9-13-24)23-18(20)21-14-15-6-3-4-7-17(15)25-11-5-10-22-25;/h3-7,10-11,16H,2,8-9,12-14H2,1H3,(H3,20,21,23);1H. The first kappa shape index (κ1) is 22.0. The van der Waals surface area contributed by atoms with Gasteiger partial charge in [-0.15, -0.1) is 24.0 Å². The molecule has 9 heteroatoms. The number of amides is 1. The zero-order valence-electron chi connectivity index (χ0n) is 16.0. The molecule has 3 N–H and O–H groups in total. The fourth-order valence-electron chi connectivity index (χ4n) is 3.13. The maximum Gasteiger partial charge on any atom is 0.409 e. The molecule has 1 aromatic heterocycles. The molecule has 1 aliphatic rings. The first-order chi connectivity index (χ1) is 13.2. The third-order valence-electron chi connectivity index (χ3n) is 4.54. The smallest absolute Gasteiger partial charge is 0.409 e. The van der Waals surface area contributed by atoms with Crippen molar-refractivity contribution in [3.63, 3.8) is 0 Å². The predicted molar refractivity (Wildman–Crippen MR) is 119 cm³/mol. The lowest BCUT2D eigenvalue weighted by atomic mass is 10.1. The number of para-hydroxylation sites is 1. The minimum Gasteiger partial charge on any atom is -0.450 e. The molecule has 152 valence electrons. The van der Waals surface area contributed by atoms with Crippen molar-refractivity contribution in [3.8, 4) is 5.69 Å². The van der Waals surface area contributed by atoms with Crippen molar-refractivity contribution in [3.05, 3.63) is 48.3 Å². The molecule has 0 aliphatic carbocycles. The maximum atomic E-state index is 11.7. The van der Waals surface area contributed by atoms with Gasteiger partial charge < -0.3 is 20.7 Å². The monoisotopic (exact) mass is 498 g/mol. The van der Waals surface area contributed by atoms with Crippen molar-refractivity contribution in [1.82, 2.24) is 20.0 Å². The van der Waals surface area contributed by atoms with Crippen LogP contribution in [0.2, 0.25) is 0 Å². The number of benzene rings is 1. The number of aromatic nitrogens is 2. The number of aliphatic imine (C=N–C) groups is 1. The lowest BCUT2D eigenvalue weighted by Crippen LogP contribution is -2.48. The van der Waals surface area contributed by atoms with Crippen molar-refractivity contribution >= 4 is 36.0 Å². The topological polar surface area (TPSA) is 97.8 Å². The Bertz CT molecular complexity index is 772. The van der Waals surface area contributed by atoms with Gasteiger partial charge in [0.1, 0.15) is 0 Å². The van der Waals surface area contributed by atoms with Gasteiger partial charge in [-0.1, -0.05) is 18.2 Å². The maximum absolute atomic E-state index is 11.7. The molecule has 1 aromatic carbocycles. The van der Waals surface area contributed by atoms with E-state index in [1.54, 1.807) is 11.1 Å². The van der Waals surface area contributed by atoms with Gasteiger partial charge >= 0.3 is 6.09 Å². The second-order valence-electron chi connectivity index (χ2n) is 6.39. The number of piperidine rings is 1. The quantitative estimate of drug-likeness (QED) is 0.375. The van der Waals surface area contributed by atoms with E-state index >= 15 is 0 Å². The zero-order valence-corrected chi connectivity index (χ0v) is 18.3. The van der Waals surface area contributed by atoms with Crippen molar-refractivity contribution in [2.75, 3.05) is 19.7 Å². The Labute approximate surface area is 182 Å². The number of likely N-dealkylation sites (tertiary alicyclic amines) is 1. The fraction of sp³-hybridized carbons (Fsp3) is 0.421. The molecular weight excluding hydrogens is 471 g/mol. The first-order valence-corrected chi connectivity index (χ1v) is 9.23. The van der Waals surface area contributed by atoms with Crippen LogP contribution in [0.25, 0.3) is 5.69 Å². The summed E-state index contributed by atoms with van der Waals surface area (Å²) in [4.78, 5) is 18.0. The van der Waals surface area contributed by atoms with E-state index in [2.05, 4.69) is 15.4 Å². The van der Waals surface area contributed by atoms with E-state index in [1.807, 2.05) is 48.1 Å². The van der Waals surface area contributed by atoms with E-state index < -0.39 is 0 Å². The molecule has 0 spiro atoms. The average molecular weight is 498 g/mol. The second kappa shape index (κ2) is 10.9. The number of carbonyl (C=O) groups is 1. The van der Waals surface area contributed by atoms with E-state index in [0.29, 0.717) is 32.2 Å². The molecule has 1 fully saturated rings.